The Morgan fingerprint density at radius 2 is 2.00 bits per heavy atom. The molecule has 0 atom stereocenters. The Balaban J connectivity index is 2.56. The summed E-state index contributed by atoms with van der Waals surface area (Å²) in [6.45, 7) is 0.732. The number of amides is 1. The number of anilines is 1. The zero-order valence-corrected chi connectivity index (χ0v) is 10.8. The minimum absolute atomic E-state index is 0.0324. The fraction of sp³-hybridized carbons (Fsp3) is 0.333. The highest BCUT2D eigenvalue weighted by Crippen LogP contribution is 2.07. The molecule has 18 heavy (non-hydrogen) atoms. The number of primary amides is 1. The SMILES string of the molecule is NC(=O)CCN(CCO)C(=S)Nc1ccccc1. The number of rotatable bonds is 6. The lowest BCUT2D eigenvalue weighted by molar-refractivity contribution is -0.118. The second-order valence-corrected chi connectivity index (χ2v) is 4.11. The van der Waals surface area contributed by atoms with Crippen LogP contribution in [0, 0.1) is 0 Å². The molecule has 98 valence electrons. The molecule has 0 radical (unpaired) electrons. The highest BCUT2D eigenvalue weighted by molar-refractivity contribution is 7.80. The van der Waals surface area contributed by atoms with Crippen molar-refractivity contribution in [2.45, 2.75) is 6.42 Å². The molecule has 0 heterocycles. The predicted octanol–water partition coefficient (Wildman–Crippen LogP) is 0.553. The first kappa shape index (κ1) is 14.4. The van der Waals surface area contributed by atoms with E-state index in [2.05, 4.69) is 5.32 Å². The number of nitrogens with two attached hydrogens (primary N) is 1. The molecule has 0 fully saturated rings. The smallest absolute Gasteiger partial charge is 0.219 e. The molecule has 1 aromatic rings. The molecular formula is C12H17N3O2S. The van der Waals surface area contributed by atoms with Crippen molar-refractivity contribution in [3.05, 3.63) is 30.3 Å². The number of carbonyl (C=O) groups is 1. The summed E-state index contributed by atoms with van der Waals surface area (Å²) in [6.07, 6.45) is 0.205. The van der Waals surface area contributed by atoms with Crippen LogP contribution in [-0.2, 0) is 4.79 Å². The second-order valence-electron chi connectivity index (χ2n) is 3.72. The van der Waals surface area contributed by atoms with Gasteiger partial charge in [0.05, 0.1) is 6.61 Å². The van der Waals surface area contributed by atoms with Crippen LogP contribution < -0.4 is 11.1 Å². The zero-order valence-electron chi connectivity index (χ0n) is 10.0. The first-order chi connectivity index (χ1) is 8.63. The Kier molecular flexibility index (Phi) is 6.10. The van der Waals surface area contributed by atoms with Crippen LogP contribution in [0.15, 0.2) is 30.3 Å². The van der Waals surface area contributed by atoms with Crippen LogP contribution in [0.25, 0.3) is 0 Å². The maximum Gasteiger partial charge on any atom is 0.219 e. The summed E-state index contributed by atoms with van der Waals surface area (Å²) in [5.41, 5.74) is 5.96. The van der Waals surface area contributed by atoms with E-state index in [-0.39, 0.29) is 18.9 Å². The molecule has 0 aliphatic heterocycles. The third-order valence-corrected chi connectivity index (χ3v) is 2.67. The van der Waals surface area contributed by atoms with Crippen molar-refractivity contribution in [1.82, 2.24) is 4.90 Å². The van der Waals surface area contributed by atoms with E-state index >= 15 is 0 Å². The molecule has 0 aliphatic carbocycles. The van der Waals surface area contributed by atoms with Crippen LogP contribution in [0.4, 0.5) is 5.69 Å². The van der Waals surface area contributed by atoms with E-state index in [0.717, 1.165) is 5.69 Å². The van der Waals surface area contributed by atoms with Crippen molar-refractivity contribution in [3.8, 4) is 0 Å². The molecule has 0 aromatic heterocycles. The van der Waals surface area contributed by atoms with Crippen LogP contribution >= 0.6 is 12.2 Å². The highest BCUT2D eigenvalue weighted by Gasteiger charge is 2.10. The third kappa shape index (κ3) is 5.11. The lowest BCUT2D eigenvalue weighted by atomic mass is 10.3. The fourth-order valence-electron chi connectivity index (χ4n) is 1.40. The van der Waals surface area contributed by atoms with E-state index in [1.165, 1.54) is 0 Å². The first-order valence-corrected chi connectivity index (χ1v) is 6.04. The van der Waals surface area contributed by atoms with Crippen molar-refractivity contribution in [2.75, 3.05) is 25.0 Å². The van der Waals surface area contributed by atoms with Gasteiger partial charge in [0.25, 0.3) is 0 Å². The first-order valence-electron chi connectivity index (χ1n) is 5.63. The summed E-state index contributed by atoms with van der Waals surface area (Å²) in [6, 6.07) is 9.47. The second kappa shape index (κ2) is 7.62. The van der Waals surface area contributed by atoms with Gasteiger partial charge >= 0.3 is 0 Å². The monoisotopic (exact) mass is 267 g/mol. The third-order valence-electron chi connectivity index (χ3n) is 2.31. The topological polar surface area (TPSA) is 78.6 Å². The number of nitrogens with zero attached hydrogens (tertiary/aromatic N) is 1. The summed E-state index contributed by atoms with van der Waals surface area (Å²) in [4.78, 5) is 12.5. The Morgan fingerprint density at radius 1 is 1.33 bits per heavy atom. The maximum atomic E-state index is 10.8. The van der Waals surface area contributed by atoms with Gasteiger partial charge in [-0.3, -0.25) is 4.79 Å². The molecular weight excluding hydrogens is 250 g/mol. The van der Waals surface area contributed by atoms with E-state index in [1.807, 2.05) is 30.3 Å². The van der Waals surface area contributed by atoms with Gasteiger partial charge in [0, 0.05) is 25.2 Å². The van der Waals surface area contributed by atoms with Crippen LogP contribution in [0.2, 0.25) is 0 Å². The van der Waals surface area contributed by atoms with Crippen molar-refractivity contribution < 1.29 is 9.90 Å². The Bertz CT molecular complexity index is 398. The molecule has 1 aromatic carbocycles. The molecule has 0 unspecified atom stereocenters. The average molecular weight is 267 g/mol. The number of benzene rings is 1. The Labute approximate surface area is 112 Å². The number of thiocarbonyl (C=S) groups is 1. The summed E-state index contributed by atoms with van der Waals surface area (Å²) in [5, 5.41) is 12.5. The molecule has 0 aliphatic rings. The van der Waals surface area contributed by atoms with Gasteiger partial charge in [-0.05, 0) is 24.4 Å². The van der Waals surface area contributed by atoms with Crippen LogP contribution in [0.1, 0.15) is 6.42 Å². The molecule has 6 heteroatoms. The quantitative estimate of drug-likeness (QED) is 0.656. The largest absolute Gasteiger partial charge is 0.395 e. The molecule has 0 spiro atoms. The van der Waals surface area contributed by atoms with Crippen molar-refractivity contribution in [2.24, 2.45) is 5.73 Å². The molecule has 5 nitrogen and oxygen atoms in total. The van der Waals surface area contributed by atoms with Gasteiger partial charge in [-0.25, -0.2) is 0 Å². The number of hydrogen-bond acceptors (Lipinski definition) is 3. The van der Waals surface area contributed by atoms with E-state index in [1.54, 1.807) is 4.90 Å². The molecule has 0 saturated carbocycles. The van der Waals surface area contributed by atoms with Crippen LogP contribution in [0.5, 0.6) is 0 Å². The summed E-state index contributed by atoms with van der Waals surface area (Å²) in [5.74, 6) is -0.388. The summed E-state index contributed by atoms with van der Waals surface area (Å²) >= 11 is 5.23. The van der Waals surface area contributed by atoms with Crippen molar-refractivity contribution in [3.63, 3.8) is 0 Å². The van der Waals surface area contributed by atoms with Gasteiger partial charge in [0.2, 0.25) is 5.91 Å². The average Bonchev–Trinajstić information content (AvgIpc) is 2.35. The summed E-state index contributed by atoms with van der Waals surface area (Å²) < 4.78 is 0. The molecule has 4 N–H and O–H groups in total. The molecule has 1 rings (SSSR count). The van der Waals surface area contributed by atoms with E-state index in [4.69, 9.17) is 23.1 Å². The molecule has 1 amide bonds. The van der Waals surface area contributed by atoms with Gasteiger partial charge in [-0.15, -0.1) is 0 Å². The van der Waals surface area contributed by atoms with E-state index < -0.39 is 0 Å². The van der Waals surface area contributed by atoms with Gasteiger partial charge < -0.3 is 21.1 Å². The maximum absolute atomic E-state index is 10.8. The van der Waals surface area contributed by atoms with E-state index in [0.29, 0.717) is 18.2 Å². The van der Waals surface area contributed by atoms with Gasteiger partial charge in [-0.1, -0.05) is 18.2 Å². The van der Waals surface area contributed by atoms with Crippen LogP contribution in [-0.4, -0.2) is 40.7 Å². The fourth-order valence-corrected chi connectivity index (χ4v) is 1.71. The number of aliphatic hydroxyl groups excluding tert-OH is 1. The van der Waals surface area contributed by atoms with Crippen molar-refractivity contribution in [1.29, 1.82) is 0 Å². The van der Waals surface area contributed by atoms with E-state index in [9.17, 15) is 4.79 Å². The minimum Gasteiger partial charge on any atom is -0.395 e. The number of hydrogen-bond donors (Lipinski definition) is 3. The number of nitrogens with one attached hydrogen (secondary N) is 1. The normalized spacial score (nSPS) is 9.83. The predicted molar refractivity (Wildman–Crippen MR) is 75.1 cm³/mol. The van der Waals surface area contributed by atoms with Crippen LogP contribution in [0.3, 0.4) is 0 Å². The minimum atomic E-state index is -0.388. The lowest BCUT2D eigenvalue weighted by Crippen LogP contribution is -2.38. The Hall–Kier alpha value is -1.66. The summed E-state index contributed by atoms with van der Waals surface area (Å²) in [7, 11) is 0. The Morgan fingerprint density at radius 3 is 2.56 bits per heavy atom. The van der Waals surface area contributed by atoms with Gasteiger partial charge in [-0.2, -0.15) is 0 Å². The lowest BCUT2D eigenvalue weighted by Gasteiger charge is -2.24. The standard InChI is InChI=1S/C12H17N3O2S/c13-11(17)6-7-15(8-9-16)12(18)14-10-4-2-1-3-5-10/h1-5,16H,6-9H2,(H2,13,17)(H,14,18). The van der Waals surface area contributed by atoms with Crippen molar-refractivity contribution >= 4 is 28.9 Å². The number of carbonyl (C=O) groups excluding carboxylic acids is 1. The number of aliphatic hydroxyl groups is 1. The molecule has 0 bridgehead atoms. The highest BCUT2D eigenvalue weighted by atomic mass is 32.1. The van der Waals surface area contributed by atoms with Gasteiger partial charge in [0.1, 0.15) is 0 Å². The number of para-hydroxylation sites is 1. The van der Waals surface area contributed by atoms with Gasteiger partial charge in [0.15, 0.2) is 5.11 Å². The zero-order chi connectivity index (χ0) is 13.4. The molecule has 0 saturated heterocycles.